The normalized spacial score (nSPS) is 17.8. The molecule has 1 aliphatic carbocycles. The molecule has 1 aromatic rings. The Kier molecular flexibility index (Phi) is 4.10. The summed E-state index contributed by atoms with van der Waals surface area (Å²) in [4.78, 5) is 12.3. The van der Waals surface area contributed by atoms with E-state index in [1.165, 1.54) is 0 Å². The summed E-state index contributed by atoms with van der Waals surface area (Å²) in [7, 11) is 0. The first-order valence-corrected chi connectivity index (χ1v) is 6.87. The number of benzene rings is 1. The molecule has 1 unspecified atom stereocenters. The first-order valence-electron chi connectivity index (χ1n) is 6.87. The van der Waals surface area contributed by atoms with Crippen molar-refractivity contribution in [2.24, 2.45) is 0 Å². The number of nitrogen functional groups attached to an aromatic ring is 1. The number of carbonyl (C=O) groups is 1. The molecule has 19 heavy (non-hydrogen) atoms. The van der Waals surface area contributed by atoms with E-state index in [-0.39, 0.29) is 17.4 Å². The molecule has 4 nitrogen and oxygen atoms in total. The standard InChI is InChI=1S/C15H22N2O2/c1-11(18)3-2-10-17-14(19)15(8-9-15)12-4-6-13(16)7-5-12/h4-7,11,18H,2-3,8-10,16H2,1H3,(H,17,19). The average molecular weight is 262 g/mol. The van der Waals surface area contributed by atoms with Crippen LogP contribution in [0.2, 0.25) is 0 Å². The van der Waals surface area contributed by atoms with Crippen LogP contribution in [0.15, 0.2) is 24.3 Å². The fourth-order valence-electron chi connectivity index (χ4n) is 2.34. The van der Waals surface area contributed by atoms with Gasteiger partial charge in [-0.1, -0.05) is 12.1 Å². The van der Waals surface area contributed by atoms with Crippen molar-refractivity contribution in [2.45, 2.75) is 44.1 Å². The maximum atomic E-state index is 12.3. The molecule has 1 aliphatic rings. The topological polar surface area (TPSA) is 75.3 Å². The van der Waals surface area contributed by atoms with Crippen LogP contribution in [0.5, 0.6) is 0 Å². The van der Waals surface area contributed by atoms with Crippen molar-refractivity contribution in [2.75, 3.05) is 12.3 Å². The summed E-state index contributed by atoms with van der Waals surface area (Å²) in [5.41, 5.74) is 7.10. The molecular weight excluding hydrogens is 240 g/mol. The lowest BCUT2D eigenvalue weighted by molar-refractivity contribution is -0.123. The van der Waals surface area contributed by atoms with Crippen LogP contribution in [0.3, 0.4) is 0 Å². The summed E-state index contributed by atoms with van der Waals surface area (Å²) in [6, 6.07) is 7.57. The van der Waals surface area contributed by atoms with Gasteiger partial charge in [0.2, 0.25) is 5.91 Å². The molecule has 1 aromatic carbocycles. The molecule has 0 radical (unpaired) electrons. The van der Waals surface area contributed by atoms with Crippen molar-refractivity contribution < 1.29 is 9.90 Å². The number of amides is 1. The number of hydrogen-bond acceptors (Lipinski definition) is 3. The monoisotopic (exact) mass is 262 g/mol. The van der Waals surface area contributed by atoms with Gasteiger partial charge < -0.3 is 16.2 Å². The van der Waals surface area contributed by atoms with E-state index in [9.17, 15) is 4.79 Å². The number of carbonyl (C=O) groups excluding carboxylic acids is 1. The number of hydrogen-bond donors (Lipinski definition) is 3. The van der Waals surface area contributed by atoms with Crippen LogP contribution in [0, 0.1) is 0 Å². The lowest BCUT2D eigenvalue weighted by Gasteiger charge is -2.16. The lowest BCUT2D eigenvalue weighted by Crippen LogP contribution is -2.35. The molecule has 0 heterocycles. The molecule has 0 saturated heterocycles. The number of aliphatic hydroxyl groups excluding tert-OH is 1. The minimum Gasteiger partial charge on any atom is -0.399 e. The average Bonchev–Trinajstić information content (AvgIpc) is 3.16. The van der Waals surface area contributed by atoms with Gasteiger partial charge in [0.25, 0.3) is 0 Å². The zero-order valence-corrected chi connectivity index (χ0v) is 11.4. The summed E-state index contributed by atoms with van der Waals surface area (Å²) in [6.07, 6.45) is 3.03. The molecule has 0 spiro atoms. The Bertz CT molecular complexity index is 436. The summed E-state index contributed by atoms with van der Waals surface area (Å²) in [5, 5.41) is 12.1. The quantitative estimate of drug-likeness (QED) is 0.538. The molecule has 2 rings (SSSR count). The summed E-state index contributed by atoms with van der Waals surface area (Å²) < 4.78 is 0. The molecule has 1 saturated carbocycles. The Morgan fingerprint density at radius 2 is 2.05 bits per heavy atom. The highest BCUT2D eigenvalue weighted by Crippen LogP contribution is 2.48. The van der Waals surface area contributed by atoms with Crippen LogP contribution in [-0.4, -0.2) is 23.7 Å². The molecule has 0 aliphatic heterocycles. The van der Waals surface area contributed by atoms with Gasteiger partial charge in [-0.3, -0.25) is 4.79 Å². The molecule has 4 heteroatoms. The highest BCUT2D eigenvalue weighted by molar-refractivity contribution is 5.91. The Morgan fingerprint density at radius 3 is 2.58 bits per heavy atom. The third-order valence-corrected chi connectivity index (χ3v) is 3.73. The van der Waals surface area contributed by atoms with Gasteiger partial charge in [0.05, 0.1) is 11.5 Å². The van der Waals surface area contributed by atoms with Crippen molar-refractivity contribution in [3.63, 3.8) is 0 Å². The minimum atomic E-state index is -0.335. The molecule has 0 aromatic heterocycles. The third kappa shape index (κ3) is 3.26. The lowest BCUT2D eigenvalue weighted by atomic mass is 9.94. The van der Waals surface area contributed by atoms with Crippen LogP contribution in [-0.2, 0) is 10.2 Å². The van der Waals surface area contributed by atoms with Crippen LogP contribution in [0.1, 0.15) is 38.2 Å². The fourth-order valence-corrected chi connectivity index (χ4v) is 2.34. The van der Waals surface area contributed by atoms with Gasteiger partial charge >= 0.3 is 0 Å². The summed E-state index contributed by atoms with van der Waals surface area (Å²) in [6.45, 7) is 2.39. The second-order valence-electron chi connectivity index (χ2n) is 5.45. The van der Waals surface area contributed by atoms with Gasteiger partial charge in [0.1, 0.15) is 0 Å². The molecule has 104 valence electrons. The van der Waals surface area contributed by atoms with E-state index in [1.807, 2.05) is 24.3 Å². The predicted molar refractivity (Wildman–Crippen MR) is 75.7 cm³/mol. The van der Waals surface area contributed by atoms with E-state index in [0.29, 0.717) is 6.54 Å². The van der Waals surface area contributed by atoms with E-state index >= 15 is 0 Å². The number of rotatable bonds is 6. The number of nitrogens with one attached hydrogen (secondary N) is 1. The van der Waals surface area contributed by atoms with Crippen molar-refractivity contribution >= 4 is 11.6 Å². The fraction of sp³-hybridized carbons (Fsp3) is 0.533. The molecule has 0 bridgehead atoms. The molecular formula is C15H22N2O2. The molecule has 1 atom stereocenters. The largest absolute Gasteiger partial charge is 0.399 e. The number of nitrogens with two attached hydrogens (primary N) is 1. The van der Waals surface area contributed by atoms with Crippen LogP contribution < -0.4 is 11.1 Å². The number of anilines is 1. The Balaban J connectivity index is 1.89. The maximum Gasteiger partial charge on any atom is 0.230 e. The second kappa shape index (κ2) is 5.61. The van der Waals surface area contributed by atoms with Gasteiger partial charge in [-0.15, -0.1) is 0 Å². The van der Waals surface area contributed by atoms with Crippen molar-refractivity contribution in [1.82, 2.24) is 5.32 Å². The van der Waals surface area contributed by atoms with Crippen LogP contribution >= 0.6 is 0 Å². The highest BCUT2D eigenvalue weighted by atomic mass is 16.3. The van der Waals surface area contributed by atoms with E-state index in [1.54, 1.807) is 6.92 Å². The Labute approximate surface area is 114 Å². The molecule has 1 amide bonds. The zero-order chi connectivity index (χ0) is 13.9. The van der Waals surface area contributed by atoms with Crippen LogP contribution in [0.25, 0.3) is 0 Å². The van der Waals surface area contributed by atoms with Gasteiger partial charge in [0.15, 0.2) is 0 Å². The Morgan fingerprint density at radius 1 is 1.42 bits per heavy atom. The van der Waals surface area contributed by atoms with Crippen molar-refractivity contribution in [3.05, 3.63) is 29.8 Å². The maximum absolute atomic E-state index is 12.3. The minimum absolute atomic E-state index is 0.0999. The van der Waals surface area contributed by atoms with Gasteiger partial charge in [-0.05, 0) is 50.3 Å². The first-order chi connectivity index (χ1) is 9.04. The number of aliphatic hydroxyl groups is 1. The van der Waals surface area contributed by atoms with Gasteiger partial charge in [-0.25, -0.2) is 0 Å². The highest BCUT2D eigenvalue weighted by Gasteiger charge is 2.50. The summed E-state index contributed by atoms with van der Waals surface area (Å²) >= 11 is 0. The van der Waals surface area contributed by atoms with Crippen LogP contribution in [0.4, 0.5) is 5.69 Å². The SMILES string of the molecule is CC(O)CCCNC(=O)C1(c2ccc(N)cc2)CC1. The molecule has 1 fully saturated rings. The predicted octanol–water partition coefficient (Wildman–Crippen LogP) is 1.58. The van der Waals surface area contributed by atoms with E-state index in [0.717, 1.165) is 36.9 Å². The first kappa shape index (κ1) is 13.9. The third-order valence-electron chi connectivity index (χ3n) is 3.73. The second-order valence-corrected chi connectivity index (χ2v) is 5.45. The van der Waals surface area contributed by atoms with Gasteiger partial charge in [0, 0.05) is 12.2 Å². The summed E-state index contributed by atoms with van der Waals surface area (Å²) in [5.74, 6) is 0.0999. The van der Waals surface area contributed by atoms with E-state index in [2.05, 4.69) is 5.32 Å². The van der Waals surface area contributed by atoms with E-state index in [4.69, 9.17) is 10.8 Å². The smallest absolute Gasteiger partial charge is 0.230 e. The van der Waals surface area contributed by atoms with E-state index < -0.39 is 0 Å². The van der Waals surface area contributed by atoms with Gasteiger partial charge in [-0.2, -0.15) is 0 Å². The van der Waals surface area contributed by atoms with Crippen molar-refractivity contribution in [3.8, 4) is 0 Å². The van der Waals surface area contributed by atoms with Crippen molar-refractivity contribution in [1.29, 1.82) is 0 Å². The zero-order valence-electron chi connectivity index (χ0n) is 11.4. The Hall–Kier alpha value is -1.55. The molecule has 4 N–H and O–H groups in total.